The van der Waals surface area contributed by atoms with E-state index in [1.807, 2.05) is 0 Å². The van der Waals surface area contributed by atoms with Gasteiger partial charge in [-0.2, -0.15) is 28.9 Å². The first-order valence-corrected chi connectivity index (χ1v) is 12.9. The van der Waals surface area contributed by atoms with Gasteiger partial charge in [0.1, 0.15) is 11.5 Å². The van der Waals surface area contributed by atoms with E-state index in [0.29, 0.717) is 39.6 Å². The fourth-order valence-corrected chi connectivity index (χ4v) is 3.88. The summed E-state index contributed by atoms with van der Waals surface area (Å²) in [6.45, 7) is 1.77. The summed E-state index contributed by atoms with van der Waals surface area (Å²) in [5.74, 6) is 0.146. The van der Waals surface area contributed by atoms with Crippen LogP contribution in [0, 0.1) is 6.92 Å². The number of aryl methyl sites for hydroxylation is 1. The third-order valence-electron chi connectivity index (χ3n) is 5.42. The second-order valence-corrected chi connectivity index (χ2v) is 9.65. The van der Waals surface area contributed by atoms with Gasteiger partial charge < -0.3 is 15.2 Å². The molecule has 39 heavy (non-hydrogen) atoms. The molecule has 12 heteroatoms. The Hall–Kier alpha value is -4.94. The summed E-state index contributed by atoms with van der Waals surface area (Å²) in [4.78, 5) is 12.5. The molecule has 1 amide bonds. The van der Waals surface area contributed by atoms with Crippen LogP contribution in [0.4, 0.5) is 28.4 Å². The number of carbonyl (C=O) groups excluding carboxylic acids is 1. The third kappa shape index (κ3) is 7.09. The summed E-state index contributed by atoms with van der Waals surface area (Å²) in [6, 6.07) is 21.6. The maximum Gasteiger partial charge on any atom is 0.294 e. The number of nitrogens with zero attached hydrogens (tertiary/aromatic N) is 4. The number of benzene rings is 4. The first kappa shape index (κ1) is 27.1. The molecule has 0 saturated heterocycles. The van der Waals surface area contributed by atoms with E-state index in [1.54, 1.807) is 67.6 Å². The summed E-state index contributed by atoms with van der Waals surface area (Å²) in [5, 5.41) is 28.8. The molecule has 0 aliphatic heterocycles. The number of phenols is 1. The van der Waals surface area contributed by atoms with Gasteiger partial charge in [0.2, 0.25) is 0 Å². The Labute approximate surface area is 224 Å². The minimum Gasteiger partial charge on any atom is -0.508 e. The Morgan fingerprint density at radius 3 is 2.03 bits per heavy atom. The molecule has 0 bridgehead atoms. The number of ether oxygens (including phenoxy) is 1. The highest BCUT2D eigenvalue weighted by Gasteiger charge is 2.12. The minimum absolute atomic E-state index is 0.184. The summed E-state index contributed by atoms with van der Waals surface area (Å²) < 4.78 is 37.2. The van der Waals surface area contributed by atoms with E-state index in [9.17, 15) is 22.9 Å². The van der Waals surface area contributed by atoms with Crippen LogP contribution in [0.1, 0.15) is 15.9 Å². The topological polar surface area (TPSA) is 162 Å². The lowest BCUT2D eigenvalue weighted by atomic mass is 10.2. The standard InChI is InChI=1S/C27H23N5O6S/c1-17-14-21(11-13-25(17)33)31-29-19-8-6-18(7-9-19)27(34)28-24-12-10-22(16-26(24)38-2)32-30-20-4-3-5-23(15-20)39(35,36)37/h3-16,33H,1-2H3,(H,28,34)(H,35,36,37). The van der Waals surface area contributed by atoms with Crippen LogP contribution in [-0.2, 0) is 10.1 Å². The van der Waals surface area contributed by atoms with Crippen LogP contribution < -0.4 is 10.1 Å². The molecule has 3 N–H and O–H groups in total. The molecule has 11 nitrogen and oxygen atoms in total. The van der Waals surface area contributed by atoms with Crippen LogP contribution in [-0.4, -0.2) is 31.1 Å². The highest BCUT2D eigenvalue weighted by atomic mass is 32.2. The molecule has 0 aromatic heterocycles. The van der Waals surface area contributed by atoms with Gasteiger partial charge in [-0.1, -0.05) is 6.07 Å². The van der Waals surface area contributed by atoms with E-state index in [2.05, 4.69) is 25.8 Å². The zero-order valence-corrected chi connectivity index (χ0v) is 21.6. The summed E-state index contributed by atoms with van der Waals surface area (Å²) in [7, 11) is -2.92. The predicted molar refractivity (Wildman–Crippen MR) is 145 cm³/mol. The molecule has 0 aliphatic rings. The largest absolute Gasteiger partial charge is 0.508 e. The number of methoxy groups -OCH3 is 1. The van der Waals surface area contributed by atoms with E-state index in [-0.39, 0.29) is 22.2 Å². The first-order chi connectivity index (χ1) is 18.6. The van der Waals surface area contributed by atoms with Crippen molar-refractivity contribution in [3.05, 3.63) is 96.1 Å². The molecule has 4 rings (SSSR count). The second kappa shape index (κ2) is 11.6. The average molecular weight is 546 g/mol. The molecular weight excluding hydrogens is 522 g/mol. The maximum absolute atomic E-state index is 12.8. The van der Waals surface area contributed by atoms with Crippen molar-refractivity contribution in [3.63, 3.8) is 0 Å². The molecule has 0 fully saturated rings. The van der Waals surface area contributed by atoms with Crippen LogP contribution in [0.15, 0.2) is 110 Å². The molecule has 4 aromatic rings. The molecule has 198 valence electrons. The molecule has 0 unspecified atom stereocenters. The number of carbonyl (C=O) groups is 1. The fourth-order valence-electron chi connectivity index (χ4n) is 3.36. The van der Waals surface area contributed by atoms with Crippen molar-refractivity contribution in [2.45, 2.75) is 11.8 Å². The van der Waals surface area contributed by atoms with Gasteiger partial charge in [0.15, 0.2) is 0 Å². The lowest BCUT2D eigenvalue weighted by Crippen LogP contribution is -2.12. The molecular formula is C27H23N5O6S. The monoisotopic (exact) mass is 545 g/mol. The van der Waals surface area contributed by atoms with Crippen LogP contribution >= 0.6 is 0 Å². The number of hydrogen-bond donors (Lipinski definition) is 3. The van der Waals surface area contributed by atoms with E-state index >= 15 is 0 Å². The number of aromatic hydroxyl groups is 1. The lowest BCUT2D eigenvalue weighted by molar-refractivity contribution is 0.102. The van der Waals surface area contributed by atoms with Crippen molar-refractivity contribution in [2.24, 2.45) is 20.5 Å². The van der Waals surface area contributed by atoms with E-state index in [1.165, 1.54) is 31.4 Å². The molecule has 0 radical (unpaired) electrons. The summed E-state index contributed by atoms with van der Waals surface area (Å²) >= 11 is 0. The maximum atomic E-state index is 12.8. The van der Waals surface area contributed by atoms with Crippen LogP contribution in [0.2, 0.25) is 0 Å². The van der Waals surface area contributed by atoms with Gasteiger partial charge in [0.25, 0.3) is 16.0 Å². The number of azo groups is 2. The van der Waals surface area contributed by atoms with E-state index < -0.39 is 10.1 Å². The Kier molecular flexibility index (Phi) is 8.08. The zero-order valence-electron chi connectivity index (χ0n) is 20.8. The van der Waals surface area contributed by atoms with E-state index in [0.717, 1.165) is 0 Å². The van der Waals surface area contributed by atoms with Crippen molar-refractivity contribution in [1.82, 2.24) is 0 Å². The van der Waals surface area contributed by atoms with Crippen molar-refractivity contribution < 1.29 is 27.6 Å². The van der Waals surface area contributed by atoms with Gasteiger partial charge in [-0.3, -0.25) is 9.35 Å². The minimum atomic E-state index is -4.36. The number of amides is 1. The average Bonchev–Trinajstić information content (AvgIpc) is 2.93. The quantitative estimate of drug-likeness (QED) is 0.159. The van der Waals surface area contributed by atoms with Crippen molar-refractivity contribution in [2.75, 3.05) is 12.4 Å². The number of rotatable bonds is 8. The van der Waals surface area contributed by atoms with Crippen molar-refractivity contribution in [1.29, 1.82) is 0 Å². The molecule has 0 saturated carbocycles. The van der Waals surface area contributed by atoms with Gasteiger partial charge in [-0.05, 0) is 85.3 Å². The third-order valence-corrected chi connectivity index (χ3v) is 6.27. The molecule has 4 aromatic carbocycles. The summed E-state index contributed by atoms with van der Waals surface area (Å²) in [5.41, 5.74) is 3.24. The highest BCUT2D eigenvalue weighted by Crippen LogP contribution is 2.31. The zero-order chi connectivity index (χ0) is 28.0. The van der Waals surface area contributed by atoms with Gasteiger partial charge >= 0.3 is 0 Å². The van der Waals surface area contributed by atoms with Crippen molar-refractivity contribution in [3.8, 4) is 11.5 Å². The summed E-state index contributed by atoms with van der Waals surface area (Å²) in [6.07, 6.45) is 0. The highest BCUT2D eigenvalue weighted by molar-refractivity contribution is 7.85. The fraction of sp³-hybridized carbons (Fsp3) is 0.0741. The second-order valence-electron chi connectivity index (χ2n) is 8.23. The molecule has 0 aliphatic carbocycles. The van der Waals surface area contributed by atoms with Gasteiger partial charge in [-0.15, -0.1) is 0 Å². The van der Waals surface area contributed by atoms with Crippen molar-refractivity contribution >= 4 is 44.5 Å². The number of anilines is 1. The van der Waals surface area contributed by atoms with Crippen LogP contribution in [0.5, 0.6) is 11.5 Å². The Morgan fingerprint density at radius 2 is 1.38 bits per heavy atom. The number of hydrogen-bond acceptors (Lipinski definition) is 9. The smallest absolute Gasteiger partial charge is 0.294 e. The van der Waals surface area contributed by atoms with Gasteiger partial charge in [0.05, 0.1) is 40.4 Å². The number of nitrogens with one attached hydrogen (secondary N) is 1. The Balaban J connectivity index is 1.44. The van der Waals surface area contributed by atoms with Crippen LogP contribution in [0.3, 0.4) is 0 Å². The Bertz CT molecular complexity index is 1690. The molecule has 0 atom stereocenters. The molecule has 0 heterocycles. The van der Waals surface area contributed by atoms with Gasteiger partial charge in [-0.25, -0.2) is 0 Å². The number of phenolic OH excluding ortho intramolecular Hbond substituents is 1. The Morgan fingerprint density at radius 1 is 0.795 bits per heavy atom. The van der Waals surface area contributed by atoms with E-state index in [4.69, 9.17) is 4.74 Å². The molecule has 0 spiro atoms. The van der Waals surface area contributed by atoms with Gasteiger partial charge in [0, 0.05) is 11.6 Å². The SMILES string of the molecule is COc1cc(N=Nc2cccc(S(=O)(=O)O)c2)ccc1NC(=O)c1ccc(N=Nc2ccc(O)c(C)c2)cc1. The predicted octanol–water partition coefficient (Wildman–Crippen LogP) is 7.04. The first-order valence-electron chi connectivity index (χ1n) is 11.4. The van der Waals surface area contributed by atoms with Crippen LogP contribution in [0.25, 0.3) is 0 Å². The lowest BCUT2D eigenvalue weighted by Gasteiger charge is -2.11. The normalized spacial score (nSPS) is 11.7.